The lowest BCUT2D eigenvalue weighted by atomic mass is 9.97. The van der Waals surface area contributed by atoms with E-state index in [-0.39, 0.29) is 5.97 Å². The largest absolute Gasteiger partial charge is 0.465 e. The summed E-state index contributed by atoms with van der Waals surface area (Å²) in [5.74, 6) is 0.0646. The zero-order valence-electron chi connectivity index (χ0n) is 15.4. The number of likely N-dealkylation sites (tertiary alicyclic amines) is 1. The van der Waals surface area contributed by atoms with Crippen molar-refractivity contribution in [2.24, 2.45) is 5.92 Å². The molecule has 7 heteroatoms. The molecule has 4 N–H and O–H groups in total. The van der Waals surface area contributed by atoms with Crippen LogP contribution >= 0.6 is 0 Å². The van der Waals surface area contributed by atoms with Crippen molar-refractivity contribution in [3.05, 3.63) is 29.3 Å². The van der Waals surface area contributed by atoms with Crippen molar-refractivity contribution in [2.45, 2.75) is 39.2 Å². The quantitative estimate of drug-likeness (QED) is 0.373. The van der Waals surface area contributed by atoms with Crippen LogP contribution in [0.15, 0.2) is 18.2 Å². The normalized spacial score (nSPS) is 15.0. The van der Waals surface area contributed by atoms with E-state index in [0.29, 0.717) is 43.4 Å². The summed E-state index contributed by atoms with van der Waals surface area (Å²) in [4.78, 5) is 24.7. The lowest BCUT2D eigenvalue weighted by Gasteiger charge is -2.30. The fraction of sp³-hybridized carbons (Fsp3) is 0.579. The molecule has 1 fully saturated rings. The first-order valence-electron chi connectivity index (χ1n) is 9.26. The highest BCUT2D eigenvalue weighted by Crippen LogP contribution is 2.20. The van der Waals surface area contributed by atoms with E-state index in [1.807, 2.05) is 19.1 Å². The number of carbonyl (C=O) groups excluding carboxylic acids is 1. The van der Waals surface area contributed by atoms with Crippen molar-refractivity contribution in [1.82, 2.24) is 10.2 Å². The zero-order chi connectivity index (χ0) is 18.9. The number of carboxylic acid groups (broad SMARTS) is 1. The third kappa shape index (κ3) is 5.62. The van der Waals surface area contributed by atoms with Crippen LogP contribution in [-0.4, -0.2) is 48.3 Å². The van der Waals surface area contributed by atoms with Gasteiger partial charge in [0.1, 0.15) is 0 Å². The van der Waals surface area contributed by atoms with Crippen molar-refractivity contribution in [3.8, 4) is 0 Å². The maximum atomic E-state index is 12.3. The molecule has 1 aromatic rings. The van der Waals surface area contributed by atoms with Gasteiger partial charge in [0.05, 0.1) is 12.2 Å². The van der Waals surface area contributed by atoms with E-state index in [0.717, 1.165) is 37.8 Å². The molecule has 2 rings (SSSR count). The molecule has 144 valence electrons. The second-order valence-corrected chi connectivity index (χ2v) is 6.71. The molecule has 1 aliphatic rings. The molecule has 1 amide bonds. The van der Waals surface area contributed by atoms with E-state index in [9.17, 15) is 9.59 Å². The summed E-state index contributed by atoms with van der Waals surface area (Å²) in [5, 5.41) is 12.4. The Labute approximate surface area is 154 Å². The van der Waals surface area contributed by atoms with Gasteiger partial charge in [-0.25, -0.2) is 9.59 Å². The van der Waals surface area contributed by atoms with Crippen molar-refractivity contribution in [3.63, 3.8) is 0 Å². The number of nitrogens with one attached hydrogen (secondary N) is 1. The predicted octanol–water partition coefficient (Wildman–Crippen LogP) is 2.71. The molecule has 0 spiro atoms. The van der Waals surface area contributed by atoms with Crippen LogP contribution in [0.25, 0.3) is 0 Å². The highest BCUT2D eigenvalue weighted by molar-refractivity contribution is 5.96. The molecule has 0 radical (unpaired) electrons. The lowest BCUT2D eigenvalue weighted by molar-refractivity contribution is 0.0499. The topological polar surface area (TPSA) is 105 Å². The van der Waals surface area contributed by atoms with E-state index >= 15 is 0 Å². The minimum Gasteiger partial charge on any atom is -0.465 e. The third-order valence-electron chi connectivity index (χ3n) is 4.75. The number of amides is 1. The molecule has 0 aromatic heterocycles. The SMILES string of the molecule is CCCCOC(=O)c1c(N)cccc1CNCC1CCN(C(=O)O)CC1. The fourth-order valence-electron chi connectivity index (χ4n) is 3.14. The third-order valence-corrected chi connectivity index (χ3v) is 4.75. The predicted molar refractivity (Wildman–Crippen MR) is 100 cm³/mol. The van der Waals surface area contributed by atoms with Crippen LogP contribution in [0.3, 0.4) is 0 Å². The number of ether oxygens (including phenoxy) is 1. The van der Waals surface area contributed by atoms with Gasteiger partial charge >= 0.3 is 12.1 Å². The van der Waals surface area contributed by atoms with Gasteiger partial charge in [-0.1, -0.05) is 25.5 Å². The maximum Gasteiger partial charge on any atom is 0.407 e. The van der Waals surface area contributed by atoms with E-state index < -0.39 is 6.09 Å². The Morgan fingerprint density at radius 3 is 2.73 bits per heavy atom. The van der Waals surface area contributed by atoms with Gasteiger partial charge in [0.2, 0.25) is 0 Å². The second kappa shape index (κ2) is 10.0. The van der Waals surface area contributed by atoms with Crippen LogP contribution in [0.1, 0.15) is 48.5 Å². The number of hydrogen-bond donors (Lipinski definition) is 3. The monoisotopic (exact) mass is 363 g/mol. The average Bonchev–Trinajstić information content (AvgIpc) is 2.62. The molecule has 0 unspecified atom stereocenters. The van der Waals surface area contributed by atoms with E-state index in [1.165, 1.54) is 4.90 Å². The number of esters is 1. The van der Waals surface area contributed by atoms with E-state index in [1.54, 1.807) is 6.07 Å². The van der Waals surface area contributed by atoms with Gasteiger partial charge < -0.3 is 25.8 Å². The number of rotatable bonds is 8. The summed E-state index contributed by atoms with van der Waals surface area (Å²) in [6.45, 7) is 4.92. The second-order valence-electron chi connectivity index (χ2n) is 6.71. The zero-order valence-corrected chi connectivity index (χ0v) is 15.4. The molecule has 0 aliphatic carbocycles. The Balaban J connectivity index is 1.86. The minimum atomic E-state index is -0.845. The Bertz CT molecular complexity index is 613. The Morgan fingerprint density at radius 2 is 2.08 bits per heavy atom. The molecule has 0 saturated carbocycles. The van der Waals surface area contributed by atoms with Gasteiger partial charge in [-0.2, -0.15) is 0 Å². The maximum absolute atomic E-state index is 12.3. The van der Waals surface area contributed by atoms with Crippen molar-refractivity contribution < 1.29 is 19.4 Å². The van der Waals surface area contributed by atoms with Crippen molar-refractivity contribution >= 4 is 17.7 Å². The molecular formula is C19H29N3O4. The summed E-state index contributed by atoms with van der Waals surface area (Å²) in [5.41, 5.74) is 7.70. The minimum absolute atomic E-state index is 0.372. The Morgan fingerprint density at radius 1 is 1.35 bits per heavy atom. The van der Waals surface area contributed by atoms with Gasteiger partial charge in [0.25, 0.3) is 0 Å². The molecule has 1 heterocycles. The van der Waals surface area contributed by atoms with Crippen LogP contribution in [0, 0.1) is 5.92 Å². The van der Waals surface area contributed by atoms with Crippen molar-refractivity contribution in [2.75, 3.05) is 32.0 Å². The van der Waals surface area contributed by atoms with Gasteiger partial charge in [-0.05, 0) is 43.4 Å². The smallest absolute Gasteiger partial charge is 0.407 e. The van der Waals surface area contributed by atoms with Gasteiger partial charge in [0.15, 0.2) is 0 Å². The molecule has 1 saturated heterocycles. The molecule has 0 bridgehead atoms. The number of benzene rings is 1. The van der Waals surface area contributed by atoms with Gasteiger partial charge in [0, 0.05) is 25.3 Å². The molecule has 1 aliphatic heterocycles. The fourth-order valence-corrected chi connectivity index (χ4v) is 3.14. The number of piperidine rings is 1. The first-order valence-corrected chi connectivity index (χ1v) is 9.26. The van der Waals surface area contributed by atoms with E-state index in [4.69, 9.17) is 15.6 Å². The number of hydrogen-bond acceptors (Lipinski definition) is 5. The summed E-state index contributed by atoms with van der Waals surface area (Å²) in [6.07, 6.45) is 2.65. The van der Waals surface area contributed by atoms with Crippen LogP contribution in [-0.2, 0) is 11.3 Å². The number of carbonyl (C=O) groups is 2. The standard InChI is InChI=1S/C19H29N3O4/c1-2-3-11-26-18(23)17-15(5-4-6-16(17)20)13-21-12-14-7-9-22(10-8-14)19(24)25/h4-6,14,21H,2-3,7-13,20H2,1H3,(H,24,25). The molecular weight excluding hydrogens is 334 g/mol. The summed E-state index contributed by atoms with van der Waals surface area (Å²) >= 11 is 0. The lowest BCUT2D eigenvalue weighted by Crippen LogP contribution is -2.40. The summed E-state index contributed by atoms with van der Waals surface area (Å²) < 4.78 is 5.31. The van der Waals surface area contributed by atoms with Crippen molar-refractivity contribution in [1.29, 1.82) is 0 Å². The van der Waals surface area contributed by atoms with Crippen LogP contribution in [0.2, 0.25) is 0 Å². The van der Waals surface area contributed by atoms with Crippen LogP contribution in [0.4, 0.5) is 10.5 Å². The molecule has 7 nitrogen and oxygen atoms in total. The highest BCUT2D eigenvalue weighted by Gasteiger charge is 2.22. The molecule has 1 aromatic carbocycles. The number of nitrogens with zero attached hydrogens (tertiary/aromatic N) is 1. The first kappa shape index (κ1) is 20.0. The van der Waals surface area contributed by atoms with Crippen LogP contribution in [0.5, 0.6) is 0 Å². The number of nitrogen functional groups attached to an aromatic ring is 1. The Kier molecular flexibility index (Phi) is 7.72. The number of unbranched alkanes of at least 4 members (excludes halogenated alkanes) is 1. The van der Waals surface area contributed by atoms with Gasteiger partial charge in [-0.15, -0.1) is 0 Å². The first-order chi connectivity index (χ1) is 12.5. The molecule has 26 heavy (non-hydrogen) atoms. The van der Waals surface area contributed by atoms with E-state index in [2.05, 4.69) is 5.32 Å². The number of nitrogens with two attached hydrogens (primary N) is 1. The highest BCUT2D eigenvalue weighted by atomic mass is 16.5. The number of anilines is 1. The average molecular weight is 363 g/mol. The summed E-state index contributed by atoms with van der Waals surface area (Å²) in [6, 6.07) is 5.43. The van der Waals surface area contributed by atoms with Gasteiger partial charge in [-0.3, -0.25) is 0 Å². The Hall–Kier alpha value is -2.28. The van der Waals surface area contributed by atoms with Crippen LogP contribution < -0.4 is 11.1 Å². The summed E-state index contributed by atoms with van der Waals surface area (Å²) in [7, 11) is 0. The molecule has 0 atom stereocenters.